The molecule has 0 aromatic carbocycles. The molecule has 3 rings (SSSR count). The Balaban J connectivity index is 2.51. The summed E-state index contributed by atoms with van der Waals surface area (Å²) in [6.45, 7) is 2.22. The van der Waals surface area contributed by atoms with Gasteiger partial charge in [0.05, 0.1) is 26.9 Å². The van der Waals surface area contributed by atoms with E-state index in [1.54, 1.807) is 6.08 Å². The van der Waals surface area contributed by atoms with Gasteiger partial charge in [-0.3, -0.25) is 4.79 Å². The molecule has 8 heteroatoms. The standard InChI is InChI=1S/C15H20N2O6/c1-4-5-10-23-15-9-8-11(6-7-12(15)18)16(13(19)21-2)17(15)14(20)22-3/h6-9,11H,4-5,10H2,1-3H3/t11-,15+/m0/s1. The van der Waals surface area contributed by atoms with Crippen LogP contribution in [-0.4, -0.2) is 60.6 Å². The third kappa shape index (κ3) is 2.81. The zero-order chi connectivity index (χ0) is 17.0. The van der Waals surface area contributed by atoms with E-state index in [1.165, 1.54) is 25.3 Å². The molecule has 0 spiro atoms. The van der Waals surface area contributed by atoms with Gasteiger partial charge in [-0.15, -0.1) is 0 Å². The number of hydrogen-bond acceptors (Lipinski definition) is 6. The number of fused-ring (bicyclic) bond motifs is 2. The van der Waals surface area contributed by atoms with Gasteiger partial charge in [-0.25, -0.2) is 9.59 Å². The lowest BCUT2D eigenvalue weighted by atomic mass is 10.1. The quantitative estimate of drug-likeness (QED) is 0.577. The van der Waals surface area contributed by atoms with Gasteiger partial charge in [-0.05, 0) is 18.6 Å². The molecule has 0 aromatic rings. The van der Waals surface area contributed by atoms with Crippen LogP contribution in [0, 0.1) is 0 Å². The highest BCUT2D eigenvalue weighted by Gasteiger charge is 2.55. The molecule has 0 radical (unpaired) electrons. The summed E-state index contributed by atoms with van der Waals surface area (Å²) >= 11 is 0. The number of ketones is 1. The van der Waals surface area contributed by atoms with Crippen molar-refractivity contribution in [2.75, 3.05) is 20.8 Å². The first-order chi connectivity index (χ1) is 11.0. The molecule has 2 aliphatic heterocycles. The summed E-state index contributed by atoms with van der Waals surface area (Å²) < 4.78 is 15.2. The van der Waals surface area contributed by atoms with Crippen molar-refractivity contribution in [3.63, 3.8) is 0 Å². The van der Waals surface area contributed by atoms with Gasteiger partial charge < -0.3 is 14.2 Å². The van der Waals surface area contributed by atoms with Gasteiger partial charge in [0.25, 0.3) is 0 Å². The highest BCUT2D eigenvalue weighted by Crippen LogP contribution is 2.34. The molecule has 0 saturated carbocycles. The van der Waals surface area contributed by atoms with E-state index < -0.39 is 29.7 Å². The molecule has 23 heavy (non-hydrogen) atoms. The number of hydrazine groups is 1. The van der Waals surface area contributed by atoms with Crippen LogP contribution < -0.4 is 0 Å². The van der Waals surface area contributed by atoms with Crippen molar-refractivity contribution in [2.24, 2.45) is 0 Å². The number of ether oxygens (including phenoxy) is 3. The summed E-state index contributed by atoms with van der Waals surface area (Å²) in [7, 11) is 2.36. The third-order valence-electron chi connectivity index (χ3n) is 3.66. The number of amides is 2. The Bertz CT molecular complexity index is 558. The molecule has 1 aliphatic carbocycles. The summed E-state index contributed by atoms with van der Waals surface area (Å²) in [6.07, 6.45) is 5.76. The SMILES string of the molecule is CCCCO[C@]12C=C[C@H](C=CC1=O)N(C(=O)OC)N2C(=O)OC. The molecule has 0 saturated heterocycles. The molecular weight excluding hydrogens is 304 g/mol. The average Bonchev–Trinajstić information content (AvgIpc) is 2.79. The average molecular weight is 324 g/mol. The van der Waals surface area contributed by atoms with Crippen LogP contribution in [0.4, 0.5) is 9.59 Å². The van der Waals surface area contributed by atoms with Crippen molar-refractivity contribution in [2.45, 2.75) is 31.5 Å². The minimum atomic E-state index is -1.75. The van der Waals surface area contributed by atoms with E-state index >= 15 is 0 Å². The molecule has 2 heterocycles. The molecule has 0 fully saturated rings. The first kappa shape index (κ1) is 17.0. The van der Waals surface area contributed by atoms with Gasteiger partial charge in [0, 0.05) is 0 Å². The van der Waals surface area contributed by atoms with E-state index in [0.717, 1.165) is 23.5 Å². The minimum Gasteiger partial charge on any atom is -0.451 e. The molecule has 0 aromatic heterocycles. The Labute approximate surface area is 134 Å². The van der Waals surface area contributed by atoms with Crippen molar-refractivity contribution < 1.29 is 28.6 Å². The second-order valence-electron chi connectivity index (χ2n) is 5.07. The van der Waals surface area contributed by atoms with Crippen molar-refractivity contribution in [3.05, 3.63) is 24.3 Å². The maximum Gasteiger partial charge on any atom is 0.432 e. The Morgan fingerprint density at radius 3 is 2.52 bits per heavy atom. The van der Waals surface area contributed by atoms with E-state index in [-0.39, 0.29) is 6.61 Å². The lowest BCUT2D eigenvalue weighted by Gasteiger charge is -2.46. The lowest BCUT2D eigenvalue weighted by molar-refractivity contribution is -0.191. The number of carbonyl (C=O) groups is 3. The summed E-state index contributed by atoms with van der Waals surface area (Å²) in [5.74, 6) is -0.468. The second kappa shape index (κ2) is 6.82. The Morgan fingerprint density at radius 1 is 1.22 bits per heavy atom. The predicted octanol–water partition coefficient (Wildman–Crippen LogP) is 1.63. The lowest BCUT2D eigenvalue weighted by Crippen LogP contribution is -2.67. The minimum absolute atomic E-state index is 0.244. The number of rotatable bonds is 4. The maximum atomic E-state index is 12.6. The Morgan fingerprint density at radius 2 is 1.91 bits per heavy atom. The van der Waals surface area contributed by atoms with Crippen molar-refractivity contribution in [1.82, 2.24) is 10.0 Å². The van der Waals surface area contributed by atoms with Crippen LogP contribution in [0.5, 0.6) is 0 Å². The van der Waals surface area contributed by atoms with Gasteiger partial charge in [-0.1, -0.05) is 25.5 Å². The van der Waals surface area contributed by atoms with Crippen molar-refractivity contribution >= 4 is 18.0 Å². The zero-order valence-corrected chi connectivity index (χ0v) is 13.4. The van der Waals surface area contributed by atoms with Crippen LogP contribution in [-0.2, 0) is 19.0 Å². The highest BCUT2D eigenvalue weighted by atomic mass is 16.6. The maximum absolute atomic E-state index is 12.6. The number of hydrogen-bond donors (Lipinski definition) is 0. The van der Waals surface area contributed by atoms with E-state index in [4.69, 9.17) is 14.2 Å². The predicted molar refractivity (Wildman–Crippen MR) is 79.2 cm³/mol. The van der Waals surface area contributed by atoms with Crippen LogP contribution in [0.2, 0.25) is 0 Å². The van der Waals surface area contributed by atoms with Gasteiger partial charge in [0.1, 0.15) is 0 Å². The molecule has 2 bridgehead atoms. The first-order valence-corrected chi connectivity index (χ1v) is 7.33. The molecule has 3 aliphatic rings. The fraction of sp³-hybridized carbons (Fsp3) is 0.533. The summed E-state index contributed by atoms with van der Waals surface area (Å²) in [6, 6.07) is -0.643. The van der Waals surface area contributed by atoms with Crippen molar-refractivity contribution in [3.8, 4) is 0 Å². The fourth-order valence-electron chi connectivity index (χ4n) is 2.47. The first-order valence-electron chi connectivity index (χ1n) is 7.33. The molecule has 2 atom stereocenters. The van der Waals surface area contributed by atoms with Crippen molar-refractivity contribution in [1.29, 1.82) is 0 Å². The highest BCUT2D eigenvalue weighted by molar-refractivity contribution is 6.02. The van der Waals surface area contributed by atoms with Crippen LogP contribution >= 0.6 is 0 Å². The van der Waals surface area contributed by atoms with Crippen LogP contribution in [0.1, 0.15) is 19.8 Å². The van der Waals surface area contributed by atoms with Crippen LogP contribution in [0.3, 0.4) is 0 Å². The zero-order valence-electron chi connectivity index (χ0n) is 13.4. The summed E-state index contributed by atoms with van der Waals surface area (Å²) in [4.78, 5) is 37.0. The summed E-state index contributed by atoms with van der Waals surface area (Å²) in [5.41, 5.74) is -1.75. The third-order valence-corrected chi connectivity index (χ3v) is 3.66. The smallest absolute Gasteiger partial charge is 0.432 e. The second-order valence-corrected chi connectivity index (χ2v) is 5.07. The van der Waals surface area contributed by atoms with Gasteiger partial charge in [0.2, 0.25) is 11.5 Å². The van der Waals surface area contributed by atoms with Gasteiger partial charge >= 0.3 is 12.2 Å². The number of unbranched alkanes of at least 4 members (excludes halogenated alkanes) is 1. The van der Waals surface area contributed by atoms with Gasteiger partial charge in [-0.2, -0.15) is 10.0 Å². The molecule has 2 amide bonds. The molecule has 0 N–H and O–H groups in total. The van der Waals surface area contributed by atoms with E-state index in [0.29, 0.717) is 6.42 Å². The number of nitrogens with zero attached hydrogens (tertiary/aromatic N) is 2. The van der Waals surface area contributed by atoms with Crippen LogP contribution in [0.25, 0.3) is 0 Å². The van der Waals surface area contributed by atoms with Gasteiger partial charge in [0.15, 0.2) is 0 Å². The van der Waals surface area contributed by atoms with Crippen LogP contribution in [0.15, 0.2) is 24.3 Å². The largest absolute Gasteiger partial charge is 0.451 e. The Kier molecular flexibility index (Phi) is 5.05. The topological polar surface area (TPSA) is 85.4 Å². The molecular formula is C15H20N2O6. The van der Waals surface area contributed by atoms with E-state index in [2.05, 4.69) is 0 Å². The summed E-state index contributed by atoms with van der Waals surface area (Å²) in [5, 5.41) is 1.89. The number of methoxy groups -OCH3 is 2. The van der Waals surface area contributed by atoms with E-state index in [1.807, 2.05) is 6.92 Å². The normalized spacial score (nSPS) is 25.5. The molecule has 126 valence electrons. The number of carbonyl (C=O) groups excluding carboxylic acids is 3. The Hall–Kier alpha value is -2.35. The van der Waals surface area contributed by atoms with E-state index in [9.17, 15) is 14.4 Å². The monoisotopic (exact) mass is 324 g/mol. The molecule has 8 nitrogen and oxygen atoms in total. The molecule has 0 unspecified atom stereocenters. The fourth-order valence-corrected chi connectivity index (χ4v) is 2.47.